The monoisotopic (exact) mass is 301 g/mol. The van der Waals surface area contributed by atoms with Crippen LogP contribution < -0.4 is 11.1 Å². The van der Waals surface area contributed by atoms with E-state index in [-0.39, 0.29) is 5.91 Å². The summed E-state index contributed by atoms with van der Waals surface area (Å²) in [5, 5.41) is 10.7. The van der Waals surface area contributed by atoms with Crippen LogP contribution in [0, 0.1) is 5.92 Å². The van der Waals surface area contributed by atoms with Crippen LogP contribution in [0.2, 0.25) is 0 Å². The Hall–Kier alpha value is -2.37. The van der Waals surface area contributed by atoms with Crippen molar-refractivity contribution in [1.82, 2.24) is 20.3 Å². The molecule has 2 aromatic rings. The van der Waals surface area contributed by atoms with E-state index in [2.05, 4.69) is 29.5 Å². The molecule has 1 aromatic carbocycles. The van der Waals surface area contributed by atoms with Crippen molar-refractivity contribution < 1.29 is 4.79 Å². The Morgan fingerprint density at radius 1 is 1.32 bits per heavy atom. The molecule has 1 heterocycles. The molecule has 0 atom stereocenters. The number of nitrogens with two attached hydrogens (primary N) is 1. The summed E-state index contributed by atoms with van der Waals surface area (Å²) in [6.07, 6.45) is 3.47. The maximum atomic E-state index is 12.0. The molecular formula is C16H23N5O. The third-order valence-corrected chi connectivity index (χ3v) is 3.39. The van der Waals surface area contributed by atoms with Gasteiger partial charge in [0.25, 0.3) is 5.91 Å². The summed E-state index contributed by atoms with van der Waals surface area (Å²) in [5.41, 5.74) is 7.88. The van der Waals surface area contributed by atoms with E-state index in [4.69, 9.17) is 5.73 Å². The lowest BCUT2D eigenvalue weighted by atomic mass is 10.1. The molecule has 0 aliphatic heterocycles. The van der Waals surface area contributed by atoms with Crippen LogP contribution in [0.3, 0.4) is 0 Å². The van der Waals surface area contributed by atoms with Crippen LogP contribution >= 0.6 is 0 Å². The van der Waals surface area contributed by atoms with E-state index in [1.165, 1.54) is 0 Å². The lowest BCUT2D eigenvalue weighted by molar-refractivity contribution is 0.0949. The lowest BCUT2D eigenvalue weighted by Crippen LogP contribution is -2.26. The molecule has 0 bridgehead atoms. The average Bonchev–Trinajstić information content (AvgIpc) is 2.96. The van der Waals surface area contributed by atoms with Gasteiger partial charge in [-0.3, -0.25) is 9.48 Å². The van der Waals surface area contributed by atoms with Crippen LogP contribution in [0.25, 0.3) is 0 Å². The van der Waals surface area contributed by atoms with E-state index in [9.17, 15) is 4.79 Å². The van der Waals surface area contributed by atoms with Crippen molar-refractivity contribution in [3.8, 4) is 0 Å². The van der Waals surface area contributed by atoms with E-state index in [0.717, 1.165) is 30.6 Å². The molecule has 0 aliphatic carbocycles. The number of nitrogens with zero attached hydrogens (tertiary/aromatic N) is 3. The first-order valence-corrected chi connectivity index (χ1v) is 7.57. The number of amides is 1. The fourth-order valence-corrected chi connectivity index (χ4v) is 2.00. The first-order chi connectivity index (χ1) is 10.5. The molecule has 22 heavy (non-hydrogen) atoms. The molecule has 0 aliphatic rings. The minimum Gasteiger partial charge on any atom is -0.399 e. The molecule has 3 N–H and O–H groups in total. The van der Waals surface area contributed by atoms with Gasteiger partial charge < -0.3 is 11.1 Å². The van der Waals surface area contributed by atoms with Gasteiger partial charge in [-0.15, -0.1) is 5.10 Å². The van der Waals surface area contributed by atoms with E-state index in [1.54, 1.807) is 10.9 Å². The Bertz CT molecular complexity index is 603. The standard InChI is InChI=1S/C16H23N5O/c1-12(2)8-10-21-11-15(19-20-21)16(22)18-9-7-13-3-5-14(17)6-4-13/h3-6,11-12H,7-10,17H2,1-2H3,(H,18,22). The predicted molar refractivity (Wildman–Crippen MR) is 86.4 cm³/mol. The summed E-state index contributed by atoms with van der Waals surface area (Å²) >= 11 is 0. The first kappa shape index (κ1) is 16.0. The summed E-state index contributed by atoms with van der Waals surface area (Å²) in [7, 11) is 0. The zero-order valence-corrected chi connectivity index (χ0v) is 13.1. The quantitative estimate of drug-likeness (QED) is 0.765. The van der Waals surface area contributed by atoms with Gasteiger partial charge in [-0.25, -0.2) is 0 Å². The first-order valence-electron chi connectivity index (χ1n) is 7.57. The van der Waals surface area contributed by atoms with Gasteiger partial charge in [-0.2, -0.15) is 0 Å². The second kappa shape index (κ2) is 7.59. The third kappa shape index (κ3) is 4.87. The highest BCUT2D eigenvalue weighted by Gasteiger charge is 2.10. The highest BCUT2D eigenvalue weighted by atomic mass is 16.2. The van der Waals surface area contributed by atoms with Gasteiger partial charge in [0.1, 0.15) is 0 Å². The van der Waals surface area contributed by atoms with Crippen molar-refractivity contribution in [3.05, 3.63) is 41.7 Å². The smallest absolute Gasteiger partial charge is 0.273 e. The Balaban J connectivity index is 1.78. The van der Waals surface area contributed by atoms with Crippen molar-refractivity contribution >= 4 is 11.6 Å². The molecule has 0 saturated carbocycles. The fourth-order valence-electron chi connectivity index (χ4n) is 2.00. The lowest BCUT2D eigenvalue weighted by Gasteiger charge is -2.04. The molecule has 6 heteroatoms. The van der Waals surface area contributed by atoms with Gasteiger partial charge in [0.05, 0.1) is 6.20 Å². The molecule has 1 aromatic heterocycles. The number of aromatic nitrogens is 3. The Labute approximate surface area is 130 Å². The zero-order chi connectivity index (χ0) is 15.9. The number of anilines is 1. The number of hydrogen-bond acceptors (Lipinski definition) is 4. The SMILES string of the molecule is CC(C)CCn1cc(C(=O)NCCc2ccc(N)cc2)nn1. The molecule has 0 spiro atoms. The molecule has 0 fully saturated rings. The van der Waals surface area contributed by atoms with Crippen LogP contribution in [0.4, 0.5) is 5.69 Å². The number of rotatable bonds is 7. The Morgan fingerprint density at radius 3 is 2.73 bits per heavy atom. The van der Waals surface area contributed by atoms with E-state index in [0.29, 0.717) is 18.2 Å². The molecule has 6 nitrogen and oxygen atoms in total. The van der Waals surface area contributed by atoms with Gasteiger partial charge in [-0.1, -0.05) is 31.2 Å². The molecule has 2 rings (SSSR count). The number of aryl methyl sites for hydroxylation is 1. The summed E-state index contributed by atoms with van der Waals surface area (Å²) in [6, 6.07) is 7.64. The van der Waals surface area contributed by atoms with E-state index >= 15 is 0 Å². The Kier molecular flexibility index (Phi) is 5.52. The number of carbonyl (C=O) groups is 1. The Morgan fingerprint density at radius 2 is 2.05 bits per heavy atom. The topological polar surface area (TPSA) is 85.8 Å². The molecule has 1 amide bonds. The van der Waals surface area contributed by atoms with E-state index in [1.807, 2.05) is 24.3 Å². The number of nitrogen functional groups attached to an aromatic ring is 1. The van der Waals surface area contributed by atoms with Gasteiger partial charge in [0, 0.05) is 18.8 Å². The van der Waals surface area contributed by atoms with Gasteiger partial charge in [-0.05, 0) is 36.5 Å². The van der Waals surface area contributed by atoms with Gasteiger partial charge in [0.15, 0.2) is 5.69 Å². The van der Waals surface area contributed by atoms with Gasteiger partial charge in [0.2, 0.25) is 0 Å². The number of carbonyl (C=O) groups excluding carboxylic acids is 1. The van der Waals surface area contributed by atoms with Crippen molar-refractivity contribution in [1.29, 1.82) is 0 Å². The van der Waals surface area contributed by atoms with Crippen LogP contribution in [-0.2, 0) is 13.0 Å². The normalized spacial score (nSPS) is 10.9. The van der Waals surface area contributed by atoms with Crippen molar-refractivity contribution in [2.45, 2.75) is 33.2 Å². The molecule has 0 radical (unpaired) electrons. The summed E-state index contributed by atoms with van der Waals surface area (Å²) in [4.78, 5) is 12.0. The average molecular weight is 301 g/mol. The van der Waals surface area contributed by atoms with E-state index < -0.39 is 0 Å². The zero-order valence-electron chi connectivity index (χ0n) is 13.1. The second-order valence-corrected chi connectivity index (χ2v) is 5.80. The molecule has 0 unspecified atom stereocenters. The summed E-state index contributed by atoms with van der Waals surface area (Å²) in [6.45, 7) is 5.65. The highest BCUT2D eigenvalue weighted by Crippen LogP contribution is 2.06. The number of hydrogen-bond donors (Lipinski definition) is 2. The van der Waals surface area contributed by atoms with Crippen LogP contribution in [0.5, 0.6) is 0 Å². The summed E-state index contributed by atoms with van der Waals surface area (Å²) in [5.74, 6) is 0.410. The van der Waals surface area contributed by atoms with Crippen molar-refractivity contribution in [2.75, 3.05) is 12.3 Å². The minimum absolute atomic E-state index is 0.189. The fraction of sp³-hybridized carbons (Fsp3) is 0.438. The molecule has 0 saturated heterocycles. The maximum Gasteiger partial charge on any atom is 0.273 e. The summed E-state index contributed by atoms with van der Waals surface area (Å²) < 4.78 is 1.72. The van der Waals surface area contributed by atoms with Gasteiger partial charge >= 0.3 is 0 Å². The second-order valence-electron chi connectivity index (χ2n) is 5.80. The van der Waals surface area contributed by atoms with Crippen molar-refractivity contribution in [3.63, 3.8) is 0 Å². The maximum absolute atomic E-state index is 12.0. The highest BCUT2D eigenvalue weighted by molar-refractivity contribution is 5.91. The van der Waals surface area contributed by atoms with Crippen LogP contribution in [0.1, 0.15) is 36.3 Å². The van der Waals surface area contributed by atoms with Crippen LogP contribution in [0.15, 0.2) is 30.5 Å². The minimum atomic E-state index is -0.189. The molecule has 118 valence electrons. The third-order valence-electron chi connectivity index (χ3n) is 3.39. The molecular weight excluding hydrogens is 278 g/mol. The number of nitrogens with one attached hydrogen (secondary N) is 1. The predicted octanol–water partition coefficient (Wildman–Crippen LogP) is 1.88. The largest absolute Gasteiger partial charge is 0.399 e. The van der Waals surface area contributed by atoms with Crippen LogP contribution in [-0.4, -0.2) is 27.4 Å². The number of benzene rings is 1. The van der Waals surface area contributed by atoms with Crippen molar-refractivity contribution in [2.24, 2.45) is 5.92 Å².